The summed E-state index contributed by atoms with van der Waals surface area (Å²) in [5, 5.41) is 4.04. The summed E-state index contributed by atoms with van der Waals surface area (Å²) < 4.78 is 0. The molecule has 0 atom stereocenters. The van der Waals surface area contributed by atoms with Crippen molar-refractivity contribution in [2.24, 2.45) is 0 Å². The fourth-order valence-electron chi connectivity index (χ4n) is 3.19. The van der Waals surface area contributed by atoms with E-state index in [4.69, 9.17) is 0 Å². The summed E-state index contributed by atoms with van der Waals surface area (Å²) in [6, 6.07) is 13.8. The molecule has 1 N–H and O–H groups in total. The third kappa shape index (κ3) is 13.1. The van der Waals surface area contributed by atoms with Crippen LogP contribution in [0.3, 0.4) is 0 Å². The van der Waals surface area contributed by atoms with E-state index in [1.807, 2.05) is 42.5 Å². The maximum absolute atomic E-state index is 12.7. The number of benzene rings is 1. The van der Waals surface area contributed by atoms with Gasteiger partial charge in [-0.05, 0) is 88.4 Å². The molecule has 1 aromatic heterocycles. The van der Waals surface area contributed by atoms with Crippen LogP contribution in [0.15, 0.2) is 93.5 Å². The number of allylic oxidation sites excluding steroid dienone is 5. The van der Waals surface area contributed by atoms with E-state index in [0.29, 0.717) is 6.54 Å². The fraction of sp³-hybridized carbons (Fsp3) is 0.379. The molecule has 2 rings (SSSR count). The lowest BCUT2D eigenvalue weighted by Crippen LogP contribution is -2.26. The van der Waals surface area contributed by atoms with Crippen molar-refractivity contribution in [3.8, 4) is 0 Å². The van der Waals surface area contributed by atoms with Gasteiger partial charge in [0.2, 0.25) is 0 Å². The van der Waals surface area contributed by atoms with Gasteiger partial charge < -0.3 is 5.32 Å². The van der Waals surface area contributed by atoms with Crippen LogP contribution in [0.2, 0.25) is 0 Å². The zero-order valence-electron chi connectivity index (χ0n) is 21.4. The van der Waals surface area contributed by atoms with E-state index >= 15 is 0 Å². The van der Waals surface area contributed by atoms with Gasteiger partial charge in [0.15, 0.2) is 0 Å². The van der Waals surface area contributed by atoms with Crippen LogP contribution < -0.4 is 5.32 Å². The molecule has 0 aliphatic heterocycles. The number of nitrogens with zero attached hydrogens (tertiary/aromatic N) is 1. The molecule has 2 aromatic rings. The molecule has 3 nitrogen and oxygen atoms in total. The molecule has 6 heteroatoms. The maximum atomic E-state index is 12.7. The smallest absolute Gasteiger partial charge is 0.252 e. The lowest BCUT2D eigenvalue weighted by Gasteiger charge is -2.09. The van der Waals surface area contributed by atoms with Gasteiger partial charge in [-0.2, -0.15) is 0 Å². The molecule has 0 aliphatic carbocycles. The lowest BCUT2D eigenvalue weighted by molar-refractivity contribution is 0.0953. The van der Waals surface area contributed by atoms with Crippen molar-refractivity contribution < 1.29 is 4.79 Å². The van der Waals surface area contributed by atoms with Crippen LogP contribution in [0.5, 0.6) is 0 Å². The molecule has 0 saturated heterocycles. The Kier molecular flexibility index (Phi) is 14.7. The summed E-state index contributed by atoms with van der Waals surface area (Å²) in [7, 11) is 3.33. The average molecular weight is 527 g/mol. The third-order valence-corrected chi connectivity index (χ3v) is 8.45. The number of hydrogen-bond donors (Lipinski definition) is 1. The van der Waals surface area contributed by atoms with E-state index in [0.717, 1.165) is 52.7 Å². The summed E-state index contributed by atoms with van der Waals surface area (Å²) in [6.07, 6.45) is 13.2. The first-order chi connectivity index (χ1) is 17.0. The quantitative estimate of drug-likeness (QED) is 0.109. The van der Waals surface area contributed by atoms with E-state index in [9.17, 15) is 4.79 Å². The summed E-state index contributed by atoms with van der Waals surface area (Å²) in [5.74, 6) is 1.69. The predicted molar refractivity (Wildman–Crippen MR) is 157 cm³/mol. The zero-order valence-corrected chi connectivity index (χ0v) is 23.8. The number of rotatable bonds is 15. The van der Waals surface area contributed by atoms with Crippen molar-refractivity contribution in [1.82, 2.24) is 10.3 Å². The number of thioether (sulfide) groups is 1. The molecule has 1 amide bonds. The third-order valence-electron chi connectivity index (χ3n) is 5.18. The Morgan fingerprint density at radius 1 is 0.914 bits per heavy atom. The predicted octanol–water partition coefficient (Wildman–Crippen LogP) is 8.76. The Morgan fingerprint density at radius 2 is 1.63 bits per heavy atom. The molecule has 0 fully saturated rings. The van der Waals surface area contributed by atoms with Gasteiger partial charge in [0.25, 0.3) is 5.91 Å². The maximum Gasteiger partial charge on any atom is 0.252 e. The number of nitrogens with one attached hydrogen (secondary N) is 1. The number of carbonyl (C=O) groups is 1. The first kappa shape index (κ1) is 29.3. The first-order valence-corrected chi connectivity index (χ1v) is 15.4. The van der Waals surface area contributed by atoms with Gasteiger partial charge >= 0.3 is 0 Å². The van der Waals surface area contributed by atoms with Gasteiger partial charge in [0, 0.05) is 29.1 Å². The highest BCUT2D eigenvalue weighted by Crippen LogP contribution is 2.28. The minimum Gasteiger partial charge on any atom is -0.351 e. The molecule has 0 saturated carbocycles. The normalized spacial score (nSPS) is 11.9. The topological polar surface area (TPSA) is 42.0 Å². The second-order valence-electron chi connectivity index (χ2n) is 8.60. The van der Waals surface area contributed by atoms with Crippen LogP contribution in [-0.4, -0.2) is 28.9 Å². The largest absolute Gasteiger partial charge is 0.351 e. The monoisotopic (exact) mass is 526 g/mol. The molecule has 1 heterocycles. The highest BCUT2D eigenvalue weighted by Gasteiger charge is 2.10. The fourth-order valence-corrected chi connectivity index (χ4v) is 6.02. The number of pyridine rings is 1. The van der Waals surface area contributed by atoms with Crippen LogP contribution in [0.25, 0.3) is 0 Å². The van der Waals surface area contributed by atoms with Crippen LogP contribution in [0.1, 0.15) is 63.7 Å². The Balaban J connectivity index is 1.72. The molecule has 188 valence electrons. The van der Waals surface area contributed by atoms with Gasteiger partial charge in [0.05, 0.1) is 5.56 Å². The number of amides is 1. The highest BCUT2D eigenvalue weighted by molar-refractivity contribution is 8.76. The highest BCUT2D eigenvalue weighted by atomic mass is 33.1. The van der Waals surface area contributed by atoms with Crippen LogP contribution in [0.4, 0.5) is 0 Å². The number of carbonyl (C=O) groups excluding carboxylic acids is 1. The Bertz CT molecular complexity index is 996. The van der Waals surface area contributed by atoms with E-state index in [2.05, 4.69) is 56.2 Å². The van der Waals surface area contributed by atoms with Crippen molar-refractivity contribution in [2.75, 3.05) is 18.1 Å². The van der Waals surface area contributed by atoms with Crippen molar-refractivity contribution in [2.45, 2.75) is 63.3 Å². The molecule has 0 spiro atoms. The number of hydrogen-bond acceptors (Lipinski definition) is 5. The van der Waals surface area contributed by atoms with Gasteiger partial charge in [-0.15, -0.1) is 11.8 Å². The van der Waals surface area contributed by atoms with E-state index in [1.54, 1.807) is 39.5 Å². The SMILES string of the molecule is CC(C)=CCC/C(C)=C/CC/C(C)=C/CSc1ccccc1C(=O)NCCSSc1ccccn1. The van der Waals surface area contributed by atoms with Crippen molar-refractivity contribution in [3.63, 3.8) is 0 Å². The molecule has 0 bridgehead atoms. The Hall–Kier alpha value is -1.89. The minimum absolute atomic E-state index is 0.00837. The standard InChI is InChI=1S/C29H38N2OS3/c1-23(2)11-9-12-24(3)13-10-14-25(4)18-21-33-27-16-6-5-15-26(27)29(32)31-20-22-34-35-28-17-7-8-19-30-28/h5-8,11,13,15-19H,9-10,12,14,20-22H2,1-4H3,(H,31,32)/b24-13+,25-18+. The van der Waals surface area contributed by atoms with Crippen LogP contribution >= 0.6 is 33.3 Å². The molecule has 1 aromatic carbocycles. The molecular weight excluding hydrogens is 489 g/mol. The molecule has 0 unspecified atom stereocenters. The molecule has 0 radical (unpaired) electrons. The Morgan fingerprint density at radius 3 is 2.37 bits per heavy atom. The summed E-state index contributed by atoms with van der Waals surface area (Å²) in [5.41, 5.74) is 5.01. The molecular formula is C29H38N2OS3. The average Bonchev–Trinajstić information content (AvgIpc) is 2.84. The minimum atomic E-state index is -0.00837. The van der Waals surface area contributed by atoms with Crippen molar-refractivity contribution in [1.29, 1.82) is 0 Å². The summed E-state index contributed by atoms with van der Waals surface area (Å²) in [4.78, 5) is 18.1. The summed E-state index contributed by atoms with van der Waals surface area (Å²) in [6.45, 7) is 9.37. The van der Waals surface area contributed by atoms with E-state index in [1.165, 1.54) is 16.7 Å². The van der Waals surface area contributed by atoms with Crippen molar-refractivity contribution >= 4 is 39.3 Å². The van der Waals surface area contributed by atoms with Gasteiger partial charge in [0.1, 0.15) is 5.03 Å². The van der Waals surface area contributed by atoms with Gasteiger partial charge in [-0.25, -0.2) is 4.98 Å². The lowest BCUT2D eigenvalue weighted by atomic mass is 10.1. The number of aromatic nitrogens is 1. The first-order valence-electron chi connectivity index (χ1n) is 12.1. The van der Waals surface area contributed by atoms with E-state index in [-0.39, 0.29) is 5.91 Å². The zero-order chi connectivity index (χ0) is 25.3. The molecule has 35 heavy (non-hydrogen) atoms. The van der Waals surface area contributed by atoms with Gasteiger partial charge in [-0.3, -0.25) is 4.79 Å². The van der Waals surface area contributed by atoms with Crippen LogP contribution in [-0.2, 0) is 0 Å². The summed E-state index contributed by atoms with van der Waals surface area (Å²) >= 11 is 1.72. The Labute approximate surface area is 224 Å². The van der Waals surface area contributed by atoms with Gasteiger partial charge in [-0.1, -0.05) is 63.9 Å². The second kappa shape index (κ2) is 17.5. The van der Waals surface area contributed by atoms with E-state index < -0.39 is 0 Å². The van der Waals surface area contributed by atoms with Crippen molar-refractivity contribution in [3.05, 3.63) is 89.2 Å². The second-order valence-corrected chi connectivity index (χ2v) is 12.1. The molecule has 0 aliphatic rings. The van der Waals surface area contributed by atoms with Crippen LogP contribution in [0, 0.1) is 0 Å².